The molecule has 0 saturated carbocycles. The summed E-state index contributed by atoms with van der Waals surface area (Å²) in [6, 6.07) is 10.6. The van der Waals surface area contributed by atoms with Crippen LogP contribution in [-0.4, -0.2) is 40.2 Å². The average Bonchev–Trinajstić information content (AvgIpc) is 3.23. The van der Waals surface area contributed by atoms with Gasteiger partial charge in [-0.1, -0.05) is 30.3 Å². The van der Waals surface area contributed by atoms with Crippen molar-refractivity contribution in [1.82, 2.24) is 20.0 Å². The smallest absolute Gasteiger partial charge is 0.257 e. The van der Waals surface area contributed by atoms with Crippen LogP contribution in [0.2, 0.25) is 0 Å². The van der Waals surface area contributed by atoms with Crippen LogP contribution < -0.4 is 5.32 Å². The first kappa shape index (κ1) is 14.5. The van der Waals surface area contributed by atoms with Crippen LogP contribution in [0.5, 0.6) is 0 Å². The van der Waals surface area contributed by atoms with E-state index in [-0.39, 0.29) is 11.9 Å². The summed E-state index contributed by atoms with van der Waals surface area (Å²) < 4.78 is 1.77. The van der Waals surface area contributed by atoms with E-state index in [2.05, 4.69) is 39.6 Å². The predicted molar refractivity (Wildman–Crippen MR) is 88.0 cm³/mol. The molecule has 0 aliphatic carbocycles. The molecule has 2 aromatic rings. The van der Waals surface area contributed by atoms with Crippen LogP contribution >= 0.6 is 0 Å². The second-order valence-corrected chi connectivity index (χ2v) is 6.66. The molecule has 0 bridgehead atoms. The lowest BCUT2D eigenvalue weighted by atomic mass is 9.89. The molecule has 3 heterocycles. The molecule has 5 nitrogen and oxygen atoms in total. The number of hydrogen-bond donors (Lipinski definition) is 1. The number of nitrogens with zero attached hydrogens (tertiary/aromatic N) is 3. The molecular weight excluding hydrogens is 288 g/mol. The van der Waals surface area contributed by atoms with E-state index in [1.165, 1.54) is 5.56 Å². The van der Waals surface area contributed by atoms with Crippen LogP contribution in [-0.2, 0) is 7.05 Å². The second kappa shape index (κ2) is 5.49. The van der Waals surface area contributed by atoms with Gasteiger partial charge in [0.25, 0.3) is 5.91 Å². The van der Waals surface area contributed by atoms with Gasteiger partial charge >= 0.3 is 0 Å². The van der Waals surface area contributed by atoms with Gasteiger partial charge in [0.05, 0.1) is 17.8 Å². The van der Waals surface area contributed by atoms with Crippen LogP contribution in [0.15, 0.2) is 36.5 Å². The molecule has 1 N–H and O–H groups in total. The molecule has 0 spiro atoms. The monoisotopic (exact) mass is 310 g/mol. The molecule has 120 valence electrons. The van der Waals surface area contributed by atoms with Gasteiger partial charge in [0.2, 0.25) is 0 Å². The van der Waals surface area contributed by atoms with Gasteiger partial charge in [-0.3, -0.25) is 9.48 Å². The fraction of sp³-hybridized carbons (Fsp3) is 0.444. The molecule has 0 unspecified atom stereocenters. The van der Waals surface area contributed by atoms with Gasteiger partial charge in [-0.2, -0.15) is 5.10 Å². The molecule has 1 aromatic heterocycles. The third-order valence-corrected chi connectivity index (χ3v) is 5.43. The Hall–Kier alpha value is -2.14. The summed E-state index contributed by atoms with van der Waals surface area (Å²) in [6.07, 6.45) is 1.70. The lowest BCUT2D eigenvalue weighted by Gasteiger charge is -2.28. The maximum atomic E-state index is 13.1. The van der Waals surface area contributed by atoms with Gasteiger partial charge in [0, 0.05) is 38.3 Å². The quantitative estimate of drug-likeness (QED) is 0.919. The van der Waals surface area contributed by atoms with E-state index in [0.717, 1.165) is 30.9 Å². The summed E-state index contributed by atoms with van der Waals surface area (Å²) in [5.74, 6) is 1.15. The number of fused-ring (bicyclic) bond motifs is 1. The number of likely N-dealkylation sites (tertiary alicyclic amines) is 1. The minimum absolute atomic E-state index is 0.110. The highest BCUT2D eigenvalue weighted by molar-refractivity contribution is 5.95. The number of carbonyl (C=O) groups excluding carboxylic acids is 1. The van der Waals surface area contributed by atoms with Gasteiger partial charge < -0.3 is 10.2 Å². The molecular formula is C18H22N4O. The first-order valence-corrected chi connectivity index (χ1v) is 8.22. The van der Waals surface area contributed by atoms with Crippen LogP contribution in [0.1, 0.15) is 27.7 Å². The maximum absolute atomic E-state index is 13.1. The summed E-state index contributed by atoms with van der Waals surface area (Å²) in [4.78, 5) is 15.2. The van der Waals surface area contributed by atoms with Crippen molar-refractivity contribution in [3.05, 3.63) is 53.3 Å². The average molecular weight is 310 g/mol. The first-order valence-electron chi connectivity index (χ1n) is 8.22. The summed E-state index contributed by atoms with van der Waals surface area (Å²) in [5, 5.41) is 7.72. The van der Waals surface area contributed by atoms with Gasteiger partial charge in [-0.25, -0.2) is 0 Å². The van der Waals surface area contributed by atoms with Crippen molar-refractivity contribution >= 4 is 5.91 Å². The number of aryl methyl sites for hydroxylation is 1. The van der Waals surface area contributed by atoms with Gasteiger partial charge in [0.1, 0.15) is 0 Å². The minimum Gasteiger partial charge on any atom is -0.331 e. The Bertz CT molecular complexity index is 724. The van der Waals surface area contributed by atoms with E-state index in [1.807, 2.05) is 20.0 Å². The van der Waals surface area contributed by atoms with Crippen molar-refractivity contribution in [2.24, 2.45) is 18.9 Å². The Balaban J connectivity index is 1.71. The van der Waals surface area contributed by atoms with Crippen LogP contribution in [0.4, 0.5) is 0 Å². The van der Waals surface area contributed by atoms with E-state index < -0.39 is 0 Å². The molecule has 1 aromatic carbocycles. The Kier molecular flexibility index (Phi) is 3.45. The van der Waals surface area contributed by atoms with Gasteiger partial charge in [0.15, 0.2) is 0 Å². The number of aromatic nitrogens is 2. The molecule has 2 aliphatic rings. The van der Waals surface area contributed by atoms with Crippen LogP contribution in [0.3, 0.4) is 0 Å². The molecule has 0 radical (unpaired) electrons. The standard InChI is InChI=1S/C18H22N4O/c1-12-15(10-20-21(12)2)18(23)22-11-14-8-19-9-16(14)17(22)13-6-4-3-5-7-13/h3-7,10,14,16-17,19H,8-9,11H2,1-2H3/t14-,16-,17+/m0/s1. The Morgan fingerprint density at radius 1 is 1.26 bits per heavy atom. The Morgan fingerprint density at radius 3 is 2.74 bits per heavy atom. The summed E-state index contributed by atoms with van der Waals surface area (Å²) in [7, 11) is 1.88. The number of carbonyl (C=O) groups is 1. The highest BCUT2D eigenvalue weighted by Crippen LogP contribution is 2.43. The SMILES string of the molecule is Cc1c(C(=O)N2C[C@@H]3CNC[C@@H]3[C@H]2c2ccccc2)cnn1C. The maximum Gasteiger partial charge on any atom is 0.257 e. The summed E-state index contributed by atoms with van der Waals surface area (Å²) in [6.45, 7) is 4.77. The van der Waals surface area contributed by atoms with Crippen LogP contribution in [0, 0.1) is 18.8 Å². The Morgan fingerprint density at radius 2 is 2.04 bits per heavy atom. The fourth-order valence-electron chi connectivity index (χ4n) is 4.07. The fourth-order valence-corrected chi connectivity index (χ4v) is 4.07. The van der Waals surface area contributed by atoms with Gasteiger partial charge in [-0.15, -0.1) is 0 Å². The molecule has 23 heavy (non-hydrogen) atoms. The van der Waals surface area contributed by atoms with E-state index in [1.54, 1.807) is 10.9 Å². The summed E-state index contributed by atoms with van der Waals surface area (Å²) in [5.41, 5.74) is 2.89. The van der Waals surface area contributed by atoms with E-state index in [4.69, 9.17) is 0 Å². The van der Waals surface area contributed by atoms with Crippen molar-refractivity contribution in [3.8, 4) is 0 Å². The van der Waals surface area contributed by atoms with Gasteiger partial charge in [-0.05, 0) is 18.4 Å². The number of hydrogen-bond acceptors (Lipinski definition) is 3. The zero-order chi connectivity index (χ0) is 16.0. The molecule has 5 heteroatoms. The molecule has 2 aliphatic heterocycles. The normalized spacial score (nSPS) is 26.5. The third-order valence-electron chi connectivity index (χ3n) is 5.43. The lowest BCUT2D eigenvalue weighted by Crippen LogP contribution is -2.34. The molecule has 3 atom stereocenters. The minimum atomic E-state index is 0.110. The molecule has 1 amide bonds. The molecule has 4 rings (SSSR count). The number of benzene rings is 1. The van der Waals surface area contributed by atoms with Crippen molar-refractivity contribution < 1.29 is 4.79 Å². The number of amides is 1. The van der Waals surface area contributed by atoms with E-state index >= 15 is 0 Å². The first-order chi connectivity index (χ1) is 11.2. The zero-order valence-electron chi connectivity index (χ0n) is 13.6. The Labute approximate surface area is 136 Å². The topological polar surface area (TPSA) is 50.2 Å². The van der Waals surface area contributed by atoms with Crippen molar-refractivity contribution in [2.75, 3.05) is 19.6 Å². The zero-order valence-corrected chi connectivity index (χ0v) is 13.6. The van der Waals surface area contributed by atoms with Crippen molar-refractivity contribution in [2.45, 2.75) is 13.0 Å². The predicted octanol–water partition coefficient (Wildman–Crippen LogP) is 1.76. The lowest BCUT2D eigenvalue weighted by molar-refractivity contribution is 0.0713. The van der Waals surface area contributed by atoms with E-state index in [0.29, 0.717) is 11.8 Å². The molecule has 2 fully saturated rings. The second-order valence-electron chi connectivity index (χ2n) is 6.66. The largest absolute Gasteiger partial charge is 0.331 e. The summed E-state index contributed by atoms with van der Waals surface area (Å²) >= 11 is 0. The van der Waals surface area contributed by atoms with Crippen molar-refractivity contribution in [3.63, 3.8) is 0 Å². The number of nitrogens with one attached hydrogen (secondary N) is 1. The highest BCUT2D eigenvalue weighted by atomic mass is 16.2. The third kappa shape index (κ3) is 2.27. The number of rotatable bonds is 2. The highest BCUT2D eigenvalue weighted by Gasteiger charge is 2.47. The van der Waals surface area contributed by atoms with E-state index in [9.17, 15) is 4.79 Å². The molecule has 2 saturated heterocycles. The van der Waals surface area contributed by atoms with Crippen molar-refractivity contribution in [1.29, 1.82) is 0 Å². The van der Waals surface area contributed by atoms with Crippen LogP contribution in [0.25, 0.3) is 0 Å².